The van der Waals surface area contributed by atoms with Gasteiger partial charge in [-0.15, -0.1) is 0 Å². The van der Waals surface area contributed by atoms with E-state index in [0.29, 0.717) is 30.9 Å². The molecule has 13 heteroatoms. The molecule has 1 saturated carbocycles. The lowest BCUT2D eigenvalue weighted by atomic mass is 9.85. The van der Waals surface area contributed by atoms with Crippen molar-refractivity contribution in [2.24, 2.45) is 5.92 Å². The first-order chi connectivity index (χ1) is 20.2. The van der Waals surface area contributed by atoms with E-state index in [1.165, 1.54) is 19.4 Å². The van der Waals surface area contributed by atoms with Crippen molar-refractivity contribution in [1.29, 1.82) is 0 Å². The molecule has 0 unspecified atom stereocenters. The van der Waals surface area contributed by atoms with E-state index in [4.69, 9.17) is 16.3 Å². The maximum atomic E-state index is 13.7. The van der Waals surface area contributed by atoms with Crippen LogP contribution in [0, 0.1) is 5.92 Å². The highest BCUT2D eigenvalue weighted by molar-refractivity contribution is 6.30. The number of methoxy groups -OCH3 is 1. The molecule has 2 amide bonds. The first-order valence-corrected chi connectivity index (χ1v) is 13.8. The minimum absolute atomic E-state index is 0.0936. The van der Waals surface area contributed by atoms with Crippen LogP contribution in [0.2, 0.25) is 5.02 Å². The Kier molecular flexibility index (Phi) is 8.93. The van der Waals surface area contributed by atoms with Crippen LogP contribution >= 0.6 is 11.6 Å². The Morgan fingerprint density at radius 3 is 2.48 bits per heavy atom. The maximum absolute atomic E-state index is 13.7. The van der Waals surface area contributed by atoms with Crippen molar-refractivity contribution < 1.29 is 23.1 Å². The number of nitrogens with one attached hydrogen (secondary N) is 2. The van der Waals surface area contributed by atoms with E-state index in [0.717, 1.165) is 30.1 Å². The number of pyridine rings is 2. The van der Waals surface area contributed by atoms with Gasteiger partial charge >= 0.3 is 5.69 Å². The molecule has 0 spiro atoms. The Hall–Kier alpha value is -4.16. The molecule has 0 aliphatic heterocycles. The van der Waals surface area contributed by atoms with E-state index in [1.807, 2.05) is 24.3 Å². The molecule has 0 atom stereocenters. The smallest absolute Gasteiger partial charge is 0.333 e. The number of fused-ring (bicyclic) bond motifs is 1. The number of benzene rings is 1. The number of aromatic nitrogens is 4. The zero-order chi connectivity index (χ0) is 29.8. The largest absolute Gasteiger partial charge is 0.375 e. The highest BCUT2D eigenvalue weighted by Gasteiger charge is 2.27. The van der Waals surface area contributed by atoms with Crippen LogP contribution in [0.25, 0.3) is 16.7 Å². The average molecular weight is 599 g/mol. The van der Waals surface area contributed by atoms with Gasteiger partial charge in [0, 0.05) is 25.9 Å². The fraction of sp³-hybridized carbons (Fsp3) is 0.345. The van der Waals surface area contributed by atoms with Crippen molar-refractivity contribution in [3.63, 3.8) is 0 Å². The summed E-state index contributed by atoms with van der Waals surface area (Å²) in [4.78, 5) is 46.1. The molecular formula is C29H29ClF2N6O4. The third-order valence-corrected chi connectivity index (χ3v) is 7.55. The van der Waals surface area contributed by atoms with Gasteiger partial charge in [0.05, 0.1) is 33.5 Å². The molecule has 3 heterocycles. The number of hydrogen-bond donors (Lipinski definition) is 2. The van der Waals surface area contributed by atoms with Gasteiger partial charge in [-0.1, -0.05) is 23.7 Å². The number of para-hydroxylation sites is 2. The van der Waals surface area contributed by atoms with Crippen molar-refractivity contribution in [3.8, 4) is 5.69 Å². The van der Waals surface area contributed by atoms with Crippen LogP contribution in [0.4, 0.5) is 14.6 Å². The van der Waals surface area contributed by atoms with Gasteiger partial charge in [0.2, 0.25) is 0 Å². The predicted octanol–water partition coefficient (Wildman–Crippen LogP) is 4.75. The Morgan fingerprint density at radius 2 is 1.81 bits per heavy atom. The number of hydrogen-bond acceptors (Lipinski definition) is 6. The number of alkyl halides is 2. The highest BCUT2D eigenvalue weighted by Crippen LogP contribution is 2.29. The number of rotatable bonds is 9. The Morgan fingerprint density at radius 1 is 1.07 bits per heavy atom. The van der Waals surface area contributed by atoms with Crippen molar-refractivity contribution in [1.82, 2.24) is 24.4 Å². The lowest BCUT2D eigenvalue weighted by molar-refractivity contribution is -0.119. The second-order valence-electron chi connectivity index (χ2n) is 10.2. The summed E-state index contributed by atoms with van der Waals surface area (Å²) in [7, 11) is 1.43. The summed E-state index contributed by atoms with van der Waals surface area (Å²) in [6.45, 7) is 0.392. The van der Waals surface area contributed by atoms with Crippen LogP contribution in [0.3, 0.4) is 0 Å². The van der Waals surface area contributed by atoms with E-state index in [-0.39, 0.29) is 40.7 Å². The van der Waals surface area contributed by atoms with Crippen molar-refractivity contribution in [2.75, 3.05) is 19.0 Å². The fourth-order valence-corrected chi connectivity index (χ4v) is 5.51. The molecule has 1 aliphatic carbocycles. The average Bonchev–Trinajstić information content (AvgIpc) is 3.25. The van der Waals surface area contributed by atoms with Crippen LogP contribution in [-0.4, -0.2) is 50.7 Å². The first kappa shape index (κ1) is 29.3. The van der Waals surface area contributed by atoms with Crippen LogP contribution in [0.15, 0.2) is 59.7 Å². The quantitative estimate of drug-likeness (QED) is 0.287. The van der Waals surface area contributed by atoms with E-state index < -0.39 is 18.0 Å². The van der Waals surface area contributed by atoms with Crippen LogP contribution in [0.1, 0.15) is 48.2 Å². The molecule has 2 N–H and O–H groups in total. The molecule has 42 heavy (non-hydrogen) atoms. The zero-order valence-electron chi connectivity index (χ0n) is 22.7. The third-order valence-electron chi connectivity index (χ3n) is 7.34. The molecule has 220 valence electrons. The minimum Gasteiger partial charge on any atom is -0.375 e. The molecule has 1 fully saturated rings. The second kappa shape index (κ2) is 12.8. The standard InChI is InChI=1S/C29H29ClF2N6O4/c1-42-16-25(39)36-24-11-10-20(14-33-24)38-23-5-3-2-4-22(23)37(29(38)41)15-17-6-8-19(9-7-17)35-28(40)21-12-18(30)13-34-26(21)27(31)32/h2-5,10-14,17,19,27H,6-9,15-16H2,1H3,(H,35,40)(H,33,36,39)/t17-,19-. The highest BCUT2D eigenvalue weighted by atomic mass is 35.5. The summed E-state index contributed by atoms with van der Waals surface area (Å²) >= 11 is 5.90. The zero-order valence-corrected chi connectivity index (χ0v) is 23.5. The number of nitrogens with zero attached hydrogens (tertiary/aromatic N) is 4. The summed E-state index contributed by atoms with van der Waals surface area (Å²) < 4.78 is 34.9. The Balaban J connectivity index is 1.28. The van der Waals surface area contributed by atoms with Gasteiger partial charge < -0.3 is 15.4 Å². The molecule has 3 aromatic heterocycles. The normalized spacial score (nSPS) is 17.0. The minimum atomic E-state index is -2.89. The molecule has 5 rings (SSSR count). The molecular weight excluding hydrogens is 570 g/mol. The van der Waals surface area contributed by atoms with Crippen LogP contribution < -0.4 is 16.3 Å². The number of imidazole rings is 1. The Bertz CT molecular complexity index is 1650. The van der Waals surface area contributed by atoms with E-state index in [1.54, 1.807) is 21.3 Å². The van der Waals surface area contributed by atoms with Crippen molar-refractivity contribution in [3.05, 3.63) is 81.6 Å². The summed E-state index contributed by atoms with van der Waals surface area (Å²) in [5.41, 5.74) is 1.04. The van der Waals surface area contributed by atoms with E-state index in [2.05, 4.69) is 20.6 Å². The summed E-state index contributed by atoms with van der Waals surface area (Å²) in [5, 5.41) is 5.59. The van der Waals surface area contributed by atoms with Gasteiger partial charge in [0.1, 0.15) is 18.1 Å². The first-order valence-electron chi connectivity index (χ1n) is 13.4. The third kappa shape index (κ3) is 6.34. The number of carbonyl (C=O) groups excluding carboxylic acids is 2. The Labute approximate surface area is 244 Å². The molecule has 1 aliphatic rings. The monoisotopic (exact) mass is 598 g/mol. The lowest BCUT2D eigenvalue weighted by Crippen LogP contribution is -2.39. The lowest BCUT2D eigenvalue weighted by Gasteiger charge is -2.29. The summed E-state index contributed by atoms with van der Waals surface area (Å²) in [5.74, 6) is -0.435. The van der Waals surface area contributed by atoms with Gasteiger partial charge in [-0.05, 0) is 61.9 Å². The van der Waals surface area contributed by atoms with Gasteiger partial charge in [0.25, 0.3) is 18.2 Å². The van der Waals surface area contributed by atoms with Gasteiger partial charge in [0.15, 0.2) is 0 Å². The van der Waals surface area contributed by atoms with Crippen molar-refractivity contribution in [2.45, 2.75) is 44.7 Å². The van der Waals surface area contributed by atoms with Crippen molar-refractivity contribution >= 4 is 40.3 Å². The van der Waals surface area contributed by atoms with Gasteiger partial charge in [-0.2, -0.15) is 0 Å². The maximum Gasteiger partial charge on any atom is 0.333 e. The molecule has 0 bridgehead atoms. The van der Waals surface area contributed by atoms with Gasteiger partial charge in [-0.25, -0.2) is 18.6 Å². The van der Waals surface area contributed by atoms with Gasteiger partial charge in [-0.3, -0.25) is 23.7 Å². The van der Waals surface area contributed by atoms with E-state index >= 15 is 0 Å². The number of ether oxygens (including phenoxy) is 1. The summed E-state index contributed by atoms with van der Waals surface area (Å²) in [6.07, 6.45) is 2.50. The summed E-state index contributed by atoms with van der Waals surface area (Å²) in [6, 6.07) is 11.9. The molecule has 10 nitrogen and oxygen atoms in total. The SMILES string of the molecule is COCC(=O)Nc1ccc(-n2c(=O)n(C[C@H]3CC[C@H](NC(=O)c4cc(Cl)cnc4C(F)F)CC3)c3ccccc32)cn1. The van der Waals surface area contributed by atoms with Crippen LogP contribution in [-0.2, 0) is 16.1 Å². The number of halogens is 3. The topological polar surface area (TPSA) is 120 Å². The molecule has 1 aromatic carbocycles. The molecule has 0 radical (unpaired) electrons. The molecule has 4 aromatic rings. The second-order valence-corrected chi connectivity index (χ2v) is 10.6. The number of anilines is 1. The number of carbonyl (C=O) groups is 2. The van der Waals surface area contributed by atoms with E-state index in [9.17, 15) is 23.2 Å². The van der Waals surface area contributed by atoms with Crippen LogP contribution in [0.5, 0.6) is 0 Å². The predicted molar refractivity (Wildman–Crippen MR) is 153 cm³/mol. The fourth-order valence-electron chi connectivity index (χ4n) is 5.35. The molecule has 0 saturated heterocycles. The number of amides is 2.